The number of hydrogen-bond acceptors (Lipinski definition) is 4. The van der Waals surface area contributed by atoms with E-state index in [-0.39, 0.29) is 6.04 Å². The molecule has 1 atom stereocenters. The van der Waals surface area contributed by atoms with Crippen molar-refractivity contribution in [3.8, 4) is 0 Å². The predicted molar refractivity (Wildman–Crippen MR) is 115 cm³/mol. The standard InChI is InChI=1S/C25H23N3O/c1-2-18-10-12-19(13-11-18)25-27-16-23-22-9-4-3-7-20(22)15-24(28(23)25)29-17-21-8-5-6-14-26-21/h3-15,23H,2,16-17H2,1H3. The third-order valence-electron chi connectivity index (χ3n) is 5.54. The fraction of sp³-hybridized carbons (Fsp3) is 0.200. The molecule has 2 aromatic carbocycles. The number of pyridine rings is 1. The van der Waals surface area contributed by atoms with Crippen LogP contribution in [0.3, 0.4) is 0 Å². The van der Waals surface area contributed by atoms with Crippen LogP contribution >= 0.6 is 0 Å². The quantitative estimate of drug-likeness (QED) is 0.626. The lowest BCUT2D eigenvalue weighted by atomic mass is 9.96. The van der Waals surface area contributed by atoms with E-state index in [0.717, 1.165) is 35.9 Å². The van der Waals surface area contributed by atoms with Crippen molar-refractivity contribution in [3.05, 3.63) is 107 Å². The number of hydrogen-bond donors (Lipinski definition) is 0. The highest BCUT2D eigenvalue weighted by molar-refractivity contribution is 6.02. The summed E-state index contributed by atoms with van der Waals surface area (Å²) in [6.45, 7) is 3.33. The summed E-state index contributed by atoms with van der Waals surface area (Å²) in [4.78, 5) is 11.5. The molecule has 0 radical (unpaired) electrons. The summed E-state index contributed by atoms with van der Waals surface area (Å²) < 4.78 is 6.28. The van der Waals surface area contributed by atoms with Crippen LogP contribution in [0.1, 0.15) is 40.9 Å². The average molecular weight is 381 g/mol. The first kappa shape index (κ1) is 17.7. The highest BCUT2D eigenvalue weighted by atomic mass is 16.5. The molecule has 4 nitrogen and oxygen atoms in total. The molecule has 1 aromatic heterocycles. The number of amidine groups is 1. The molecule has 2 aliphatic heterocycles. The van der Waals surface area contributed by atoms with Crippen LogP contribution in [0.2, 0.25) is 0 Å². The Morgan fingerprint density at radius 1 is 1.00 bits per heavy atom. The van der Waals surface area contributed by atoms with E-state index in [2.05, 4.69) is 71.4 Å². The molecule has 4 heteroatoms. The van der Waals surface area contributed by atoms with Crippen LogP contribution in [-0.2, 0) is 17.8 Å². The van der Waals surface area contributed by atoms with Gasteiger partial charge in [0, 0.05) is 17.8 Å². The number of aryl methyl sites for hydroxylation is 1. The topological polar surface area (TPSA) is 37.7 Å². The number of aromatic nitrogens is 1. The number of ether oxygens (including phenoxy) is 1. The summed E-state index contributed by atoms with van der Waals surface area (Å²) in [6.07, 6.45) is 4.95. The van der Waals surface area contributed by atoms with Gasteiger partial charge in [-0.1, -0.05) is 61.5 Å². The maximum atomic E-state index is 6.28. The van der Waals surface area contributed by atoms with Gasteiger partial charge in [-0.05, 0) is 35.2 Å². The molecule has 3 aromatic rings. The second kappa shape index (κ2) is 7.55. The van der Waals surface area contributed by atoms with Crippen LogP contribution in [0.5, 0.6) is 0 Å². The zero-order valence-electron chi connectivity index (χ0n) is 16.5. The lowest BCUT2D eigenvalue weighted by molar-refractivity contribution is 0.123. The molecular formula is C25H23N3O. The van der Waals surface area contributed by atoms with Gasteiger partial charge in [-0.15, -0.1) is 0 Å². The van der Waals surface area contributed by atoms with E-state index in [1.807, 2.05) is 18.2 Å². The van der Waals surface area contributed by atoms with Gasteiger partial charge in [0.05, 0.1) is 18.3 Å². The first-order valence-corrected chi connectivity index (χ1v) is 10.1. The van der Waals surface area contributed by atoms with Gasteiger partial charge < -0.3 is 4.74 Å². The summed E-state index contributed by atoms with van der Waals surface area (Å²) in [5, 5.41) is 0. The Hall–Kier alpha value is -3.40. The zero-order chi connectivity index (χ0) is 19.6. The Labute approximate surface area is 171 Å². The Morgan fingerprint density at radius 3 is 2.62 bits per heavy atom. The Bertz CT molecular complexity index is 1070. The Balaban J connectivity index is 1.50. The minimum atomic E-state index is 0.163. The van der Waals surface area contributed by atoms with Crippen molar-refractivity contribution >= 4 is 11.9 Å². The Morgan fingerprint density at radius 2 is 1.83 bits per heavy atom. The van der Waals surface area contributed by atoms with Crippen LogP contribution in [0.4, 0.5) is 0 Å². The monoisotopic (exact) mass is 381 g/mol. The van der Waals surface area contributed by atoms with Crippen molar-refractivity contribution in [1.29, 1.82) is 0 Å². The number of benzene rings is 2. The number of aliphatic imine (C=N–C) groups is 1. The summed E-state index contributed by atoms with van der Waals surface area (Å²) in [5.74, 6) is 1.80. The average Bonchev–Trinajstić information content (AvgIpc) is 3.24. The largest absolute Gasteiger partial charge is 0.472 e. The number of fused-ring (bicyclic) bond motifs is 3. The van der Waals surface area contributed by atoms with Crippen LogP contribution in [-0.4, -0.2) is 22.3 Å². The minimum absolute atomic E-state index is 0.163. The summed E-state index contributed by atoms with van der Waals surface area (Å²) in [5.41, 5.74) is 5.85. The zero-order valence-corrected chi connectivity index (χ0v) is 16.5. The maximum Gasteiger partial charge on any atom is 0.196 e. The van der Waals surface area contributed by atoms with Crippen LogP contribution < -0.4 is 0 Å². The third-order valence-corrected chi connectivity index (χ3v) is 5.54. The first-order valence-electron chi connectivity index (χ1n) is 10.1. The molecule has 144 valence electrons. The molecule has 29 heavy (non-hydrogen) atoms. The van der Waals surface area contributed by atoms with E-state index >= 15 is 0 Å². The molecule has 0 aliphatic carbocycles. The number of rotatable bonds is 5. The van der Waals surface area contributed by atoms with Gasteiger partial charge in [0.15, 0.2) is 5.88 Å². The van der Waals surface area contributed by atoms with E-state index in [4.69, 9.17) is 9.73 Å². The highest BCUT2D eigenvalue weighted by Gasteiger charge is 2.37. The summed E-state index contributed by atoms with van der Waals surface area (Å²) in [6, 6.07) is 23.2. The highest BCUT2D eigenvalue weighted by Crippen LogP contribution is 2.39. The minimum Gasteiger partial charge on any atom is -0.472 e. The normalized spacial score (nSPS) is 17.3. The van der Waals surface area contributed by atoms with E-state index in [1.165, 1.54) is 16.7 Å². The summed E-state index contributed by atoms with van der Waals surface area (Å²) >= 11 is 0. The van der Waals surface area contributed by atoms with Crippen LogP contribution in [0, 0.1) is 0 Å². The van der Waals surface area contributed by atoms with Gasteiger partial charge in [-0.2, -0.15) is 0 Å². The van der Waals surface area contributed by atoms with Crippen LogP contribution in [0.25, 0.3) is 6.08 Å². The molecule has 3 heterocycles. The van der Waals surface area contributed by atoms with E-state index in [0.29, 0.717) is 6.61 Å². The smallest absolute Gasteiger partial charge is 0.196 e. The molecule has 0 saturated carbocycles. The molecule has 0 amide bonds. The molecule has 5 rings (SSSR count). The van der Waals surface area contributed by atoms with Gasteiger partial charge >= 0.3 is 0 Å². The van der Waals surface area contributed by atoms with E-state index < -0.39 is 0 Å². The maximum absolute atomic E-state index is 6.28. The van der Waals surface area contributed by atoms with Crippen molar-refractivity contribution < 1.29 is 4.74 Å². The van der Waals surface area contributed by atoms with E-state index in [1.54, 1.807) is 6.20 Å². The van der Waals surface area contributed by atoms with E-state index in [9.17, 15) is 0 Å². The number of nitrogens with zero attached hydrogens (tertiary/aromatic N) is 3. The van der Waals surface area contributed by atoms with Crippen molar-refractivity contribution in [2.24, 2.45) is 4.99 Å². The molecule has 0 N–H and O–H groups in total. The van der Waals surface area contributed by atoms with Gasteiger partial charge in [-0.3, -0.25) is 14.9 Å². The Kier molecular flexibility index (Phi) is 4.60. The van der Waals surface area contributed by atoms with Gasteiger partial charge in [-0.25, -0.2) is 0 Å². The van der Waals surface area contributed by atoms with Gasteiger partial charge in [0.25, 0.3) is 0 Å². The second-order valence-electron chi connectivity index (χ2n) is 7.32. The first-order chi connectivity index (χ1) is 14.3. The molecule has 2 aliphatic rings. The molecule has 0 spiro atoms. The predicted octanol–water partition coefficient (Wildman–Crippen LogP) is 4.98. The summed E-state index contributed by atoms with van der Waals surface area (Å²) in [7, 11) is 0. The third kappa shape index (κ3) is 3.31. The SMILES string of the molecule is CCc1ccc(C2=NCC3c4ccccc4C=C(OCc4ccccn4)N23)cc1. The molecule has 0 saturated heterocycles. The van der Waals surface area contributed by atoms with Crippen molar-refractivity contribution in [3.63, 3.8) is 0 Å². The van der Waals surface area contributed by atoms with Crippen molar-refractivity contribution in [2.75, 3.05) is 6.54 Å². The second-order valence-corrected chi connectivity index (χ2v) is 7.32. The molecule has 1 unspecified atom stereocenters. The van der Waals surface area contributed by atoms with Crippen molar-refractivity contribution in [1.82, 2.24) is 9.88 Å². The van der Waals surface area contributed by atoms with Gasteiger partial charge in [0.1, 0.15) is 12.4 Å². The van der Waals surface area contributed by atoms with Crippen LogP contribution in [0.15, 0.2) is 83.8 Å². The molecule has 0 fully saturated rings. The molecule has 0 bridgehead atoms. The fourth-order valence-corrected chi connectivity index (χ4v) is 3.98. The fourth-order valence-electron chi connectivity index (χ4n) is 3.98. The lowest BCUT2D eigenvalue weighted by Crippen LogP contribution is -2.34. The lowest BCUT2D eigenvalue weighted by Gasteiger charge is -2.34. The van der Waals surface area contributed by atoms with Gasteiger partial charge in [0.2, 0.25) is 0 Å². The molecular weight excluding hydrogens is 358 g/mol. The van der Waals surface area contributed by atoms with Crippen molar-refractivity contribution in [2.45, 2.75) is 26.0 Å².